The monoisotopic (exact) mass is 235 g/mol. The Hall–Kier alpha value is -1.55. The van der Waals surface area contributed by atoms with Crippen molar-refractivity contribution in [2.24, 2.45) is 0 Å². The van der Waals surface area contributed by atoms with Crippen molar-refractivity contribution < 1.29 is 19.5 Å². The minimum atomic E-state index is -1.17. The molecule has 4 nitrogen and oxygen atoms in total. The highest BCUT2D eigenvalue weighted by Crippen LogP contribution is 2.12. The number of carbonyl (C=O) groups is 1. The third kappa shape index (κ3) is 3.46. The number of piperidine rings is 1. The molecule has 0 unspecified atom stereocenters. The lowest BCUT2D eigenvalue weighted by molar-refractivity contribution is -0.920. The fourth-order valence-electron chi connectivity index (χ4n) is 2.09. The quantitative estimate of drug-likeness (QED) is 0.762. The van der Waals surface area contributed by atoms with Gasteiger partial charge >= 0.3 is 0 Å². The van der Waals surface area contributed by atoms with E-state index in [4.69, 9.17) is 4.74 Å². The molecule has 1 aliphatic heterocycles. The van der Waals surface area contributed by atoms with Crippen molar-refractivity contribution in [1.82, 2.24) is 0 Å². The Morgan fingerprint density at radius 2 is 2.06 bits per heavy atom. The van der Waals surface area contributed by atoms with E-state index in [1.54, 1.807) is 12.1 Å². The lowest BCUT2D eigenvalue weighted by atomic mass is 10.1. The van der Waals surface area contributed by atoms with Crippen LogP contribution in [-0.2, 0) is 0 Å². The zero-order valence-corrected chi connectivity index (χ0v) is 9.78. The summed E-state index contributed by atoms with van der Waals surface area (Å²) in [4.78, 5) is 12.1. The Labute approximate surface area is 101 Å². The number of nitrogens with one attached hydrogen (secondary N) is 1. The standard InChI is InChI=1S/C13H17NO3/c15-13(16)11-5-4-6-12(9-11)17-10-14-7-2-1-3-8-14/h4-6,9H,1-3,7-8,10H2,(H,15,16). The minimum absolute atomic E-state index is 0.163. The maximum atomic E-state index is 10.7. The zero-order valence-electron chi connectivity index (χ0n) is 9.78. The van der Waals surface area contributed by atoms with Crippen molar-refractivity contribution in [3.05, 3.63) is 29.8 Å². The molecule has 1 fully saturated rings. The van der Waals surface area contributed by atoms with E-state index in [1.807, 2.05) is 0 Å². The molecule has 4 heteroatoms. The average molecular weight is 235 g/mol. The van der Waals surface area contributed by atoms with E-state index in [-0.39, 0.29) is 5.56 Å². The largest absolute Gasteiger partial charge is 0.545 e. The second kappa shape index (κ2) is 5.68. The first-order chi connectivity index (χ1) is 8.25. The van der Waals surface area contributed by atoms with Gasteiger partial charge in [0, 0.05) is 5.56 Å². The Balaban J connectivity index is 1.89. The molecule has 1 aliphatic rings. The van der Waals surface area contributed by atoms with Crippen molar-refractivity contribution in [2.75, 3.05) is 19.8 Å². The van der Waals surface area contributed by atoms with Crippen LogP contribution in [0.2, 0.25) is 0 Å². The number of carboxylic acids is 1. The second-order valence-corrected chi connectivity index (χ2v) is 4.41. The molecule has 0 atom stereocenters. The van der Waals surface area contributed by atoms with Crippen LogP contribution in [0.3, 0.4) is 0 Å². The lowest BCUT2D eigenvalue weighted by Crippen LogP contribution is -3.13. The molecule has 1 aromatic carbocycles. The molecule has 0 radical (unpaired) electrons. The molecule has 0 spiro atoms. The molecular formula is C13H17NO3. The molecule has 92 valence electrons. The predicted molar refractivity (Wildman–Crippen MR) is 60.8 cm³/mol. The van der Waals surface area contributed by atoms with E-state index in [9.17, 15) is 9.90 Å². The van der Waals surface area contributed by atoms with Gasteiger partial charge in [0.25, 0.3) is 0 Å². The normalized spacial score (nSPS) is 16.7. The predicted octanol–water partition coefficient (Wildman–Crippen LogP) is -0.545. The van der Waals surface area contributed by atoms with Gasteiger partial charge < -0.3 is 19.5 Å². The molecule has 1 N–H and O–H groups in total. The Morgan fingerprint density at radius 3 is 2.76 bits per heavy atom. The van der Waals surface area contributed by atoms with Crippen LogP contribution in [-0.4, -0.2) is 25.8 Å². The summed E-state index contributed by atoms with van der Waals surface area (Å²) in [5, 5.41) is 10.7. The molecule has 0 saturated carbocycles. The van der Waals surface area contributed by atoms with Crippen molar-refractivity contribution in [1.29, 1.82) is 0 Å². The number of quaternary nitrogens is 1. The Bertz CT molecular complexity index is 386. The van der Waals surface area contributed by atoms with Crippen LogP contribution in [0.15, 0.2) is 24.3 Å². The van der Waals surface area contributed by atoms with Crippen molar-refractivity contribution in [2.45, 2.75) is 19.3 Å². The molecule has 0 bridgehead atoms. The van der Waals surface area contributed by atoms with E-state index in [0.717, 1.165) is 13.1 Å². The van der Waals surface area contributed by atoms with Gasteiger partial charge in [0.1, 0.15) is 5.75 Å². The topological polar surface area (TPSA) is 53.8 Å². The number of likely N-dealkylation sites (tertiary alicyclic amines) is 1. The Morgan fingerprint density at radius 1 is 1.29 bits per heavy atom. The molecule has 2 rings (SSSR count). The highest BCUT2D eigenvalue weighted by atomic mass is 16.5. The maximum absolute atomic E-state index is 10.7. The van der Waals surface area contributed by atoms with Gasteiger partial charge in [-0.2, -0.15) is 0 Å². The van der Waals surface area contributed by atoms with Gasteiger partial charge in [-0.1, -0.05) is 12.1 Å². The van der Waals surface area contributed by atoms with Gasteiger partial charge in [-0.15, -0.1) is 0 Å². The zero-order chi connectivity index (χ0) is 12.1. The summed E-state index contributed by atoms with van der Waals surface area (Å²) in [5.74, 6) is -0.564. The van der Waals surface area contributed by atoms with Crippen LogP contribution in [0, 0.1) is 0 Å². The smallest absolute Gasteiger partial charge is 0.222 e. The number of ether oxygens (including phenoxy) is 1. The van der Waals surface area contributed by atoms with Crippen LogP contribution in [0.4, 0.5) is 0 Å². The Kier molecular flexibility index (Phi) is 3.98. The van der Waals surface area contributed by atoms with Crippen LogP contribution in [0.5, 0.6) is 5.75 Å². The highest BCUT2D eigenvalue weighted by Gasteiger charge is 2.13. The second-order valence-electron chi connectivity index (χ2n) is 4.41. The molecule has 1 saturated heterocycles. The minimum Gasteiger partial charge on any atom is -0.545 e. The molecule has 0 aliphatic carbocycles. The van der Waals surface area contributed by atoms with Gasteiger partial charge in [-0.05, 0) is 31.4 Å². The summed E-state index contributed by atoms with van der Waals surface area (Å²) >= 11 is 0. The number of carbonyl (C=O) groups excluding carboxylic acids is 1. The summed E-state index contributed by atoms with van der Waals surface area (Å²) in [5.41, 5.74) is 0.163. The number of hydrogen-bond acceptors (Lipinski definition) is 3. The van der Waals surface area contributed by atoms with E-state index in [0.29, 0.717) is 12.5 Å². The molecular weight excluding hydrogens is 218 g/mol. The summed E-state index contributed by atoms with van der Waals surface area (Å²) in [6.45, 7) is 2.89. The molecule has 17 heavy (non-hydrogen) atoms. The maximum Gasteiger partial charge on any atom is 0.222 e. The van der Waals surface area contributed by atoms with E-state index >= 15 is 0 Å². The van der Waals surface area contributed by atoms with E-state index < -0.39 is 5.97 Å². The van der Waals surface area contributed by atoms with Crippen molar-refractivity contribution >= 4 is 5.97 Å². The van der Waals surface area contributed by atoms with Crippen LogP contribution >= 0.6 is 0 Å². The van der Waals surface area contributed by atoms with Crippen LogP contribution in [0.25, 0.3) is 0 Å². The summed E-state index contributed by atoms with van der Waals surface area (Å²) < 4.78 is 5.61. The summed E-state index contributed by atoms with van der Waals surface area (Å²) in [6, 6.07) is 6.47. The van der Waals surface area contributed by atoms with Gasteiger partial charge in [-0.3, -0.25) is 0 Å². The van der Waals surface area contributed by atoms with Gasteiger partial charge in [-0.25, -0.2) is 0 Å². The number of carboxylic acid groups (broad SMARTS) is 1. The first-order valence-electron chi connectivity index (χ1n) is 6.03. The molecule has 0 aromatic heterocycles. The lowest BCUT2D eigenvalue weighted by Gasteiger charge is -2.23. The fourth-order valence-corrected chi connectivity index (χ4v) is 2.09. The third-order valence-corrected chi connectivity index (χ3v) is 3.07. The number of hydrogen-bond donors (Lipinski definition) is 1. The fraction of sp³-hybridized carbons (Fsp3) is 0.462. The average Bonchev–Trinajstić information content (AvgIpc) is 2.38. The first kappa shape index (κ1) is 11.9. The SMILES string of the molecule is O=C([O-])c1cccc(OC[NH+]2CCCCC2)c1. The van der Waals surface area contributed by atoms with Gasteiger partial charge in [0.2, 0.25) is 6.73 Å². The van der Waals surface area contributed by atoms with E-state index in [1.165, 1.54) is 36.3 Å². The van der Waals surface area contributed by atoms with Crippen molar-refractivity contribution in [3.63, 3.8) is 0 Å². The molecule has 0 amide bonds. The number of benzene rings is 1. The number of rotatable bonds is 4. The highest BCUT2D eigenvalue weighted by molar-refractivity contribution is 5.86. The van der Waals surface area contributed by atoms with Crippen molar-refractivity contribution in [3.8, 4) is 5.75 Å². The summed E-state index contributed by atoms with van der Waals surface area (Å²) in [7, 11) is 0. The molecule has 1 heterocycles. The van der Waals surface area contributed by atoms with E-state index in [2.05, 4.69) is 0 Å². The summed E-state index contributed by atoms with van der Waals surface area (Å²) in [6.07, 6.45) is 3.80. The molecule has 1 aromatic rings. The van der Waals surface area contributed by atoms with Gasteiger partial charge in [0.05, 0.1) is 19.1 Å². The van der Waals surface area contributed by atoms with Crippen LogP contribution in [0.1, 0.15) is 29.6 Å². The van der Waals surface area contributed by atoms with Crippen LogP contribution < -0.4 is 14.7 Å². The van der Waals surface area contributed by atoms with Gasteiger partial charge in [0.15, 0.2) is 0 Å². The number of aromatic carboxylic acids is 1. The third-order valence-electron chi connectivity index (χ3n) is 3.07. The first-order valence-corrected chi connectivity index (χ1v) is 6.03.